The summed E-state index contributed by atoms with van der Waals surface area (Å²) in [4.78, 5) is 0. The molecule has 0 aliphatic heterocycles. The van der Waals surface area contributed by atoms with Crippen molar-refractivity contribution in [2.75, 3.05) is 0 Å². The highest BCUT2D eigenvalue weighted by molar-refractivity contribution is 6.30. The fourth-order valence-corrected chi connectivity index (χ4v) is 3.13. The molecule has 0 amide bonds. The van der Waals surface area contributed by atoms with E-state index in [4.69, 9.17) is 17.3 Å². The highest BCUT2D eigenvalue weighted by Gasteiger charge is 2.36. The summed E-state index contributed by atoms with van der Waals surface area (Å²) in [5.74, 6) is 0.869. The van der Waals surface area contributed by atoms with Crippen LogP contribution >= 0.6 is 11.6 Å². The quantitative estimate of drug-likeness (QED) is 0.857. The molecule has 1 aliphatic carbocycles. The molecule has 1 aliphatic rings. The second-order valence-corrected chi connectivity index (χ2v) is 6.35. The van der Waals surface area contributed by atoms with Crippen molar-refractivity contribution < 1.29 is 4.39 Å². The third kappa shape index (κ3) is 2.86. The Hall–Kier alpha value is -0.600. The first-order valence-corrected chi connectivity index (χ1v) is 7.01. The van der Waals surface area contributed by atoms with Crippen molar-refractivity contribution in [3.8, 4) is 0 Å². The molecule has 1 nitrogen and oxygen atoms in total. The maximum Gasteiger partial charge on any atom is 0.142 e. The van der Waals surface area contributed by atoms with E-state index in [-0.39, 0.29) is 16.4 Å². The maximum absolute atomic E-state index is 13.4. The number of nitrogens with two attached hydrogens (primary N) is 1. The maximum atomic E-state index is 13.4. The zero-order valence-corrected chi connectivity index (χ0v) is 11.8. The van der Waals surface area contributed by atoms with Crippen LogP contribution in [0.5, 0.6) is 0 Å². The van der Waals surface area contributed by atoms with Crippen LogP contribution in [-0.4, -0.2) is 5.54 Å². The Morgan fingerprint density at radius 1 is 1.44 bits per heavy atom. The molecule has 2 rings (SSSR count). The Morgan fingerprint density at radius 2 is 2.17 bits per heavy atom. The van der Waals surface area contributed by atoms with E-state index in [9.17, 15) is 4.39 Å². The molecule has 100 valence electrons. The number of rotatable bonds is 2. The molecule has 1 aromatic rings. The minimum Gasteiger partial charge on any atom is -0.325 e. The molecule has 0 radical (unpaired) electrons. The SMILES string of the molecule is CC1CCC(N)(Cc2ccc(Cl)c(F)c2)C(C)C1. The van der Waals surface area contributed by atoms with Gasteiger partial charge in [0, 0.05) is 5.54 Å². The second-order valence-electron chi connectivity index (χ2n) is 5.94. The van der Waals surface area contributed by atoms with E-state index in [0.29, 0.717) is 5.92 Å². The first-order valence-electron chi connectivity index (χ1n) is 6.63. The van der Waals surface area contributed by atoms with Crippen LogP contribution in [0.2, 0.25) is 5.02 Å². The van der Waals surface area contributed by atoms with E-state index < -0.39 is 0 Å². The highest BCUT2D eigenvalue weighted by atomic mass is 35.5. The largest absolute Gasteiger partial charge is 0.325 e. The van der Waals surface area contributed by atoms with E-state index >= 15 is 0 Å². The lowest BCUT2D eigenvalue weighted by atomic mass is 9.68. The fraction of sp³-hybridized carbons (Fsp3) is 0.600. The topological polar surface area (TPSA) is 26.0 Å². The van der Waals surface area contributed by atoms with Crippen LogP contribution in [0.25, 0.3) is 0 Å². The molecule has 0 saturated heterocycles. The number of hydrogen-bond donors (Lipinski definition) is 1. The molecule has 1 saturated carbocycles. The smallest absolute Gasteiger partial charge is 0.142 e. The van der Waals surface area contributed by atoms with E-state index in [1.54, 1.807) is 6.07 Å². The van der Waals surface area contributed by atoms with Gasteiger partial charge in [0.15, 0.2) is 0 Å². The van der Waals surface area contributed by atoms with Crippen molar-refractivity contribution >= 4 is 11.6 Å². The zero-order chi connectivity index (χ0) is 13.3. The summed E-state index contributed by atoms with van der Waals surface area (Å²) in [5, 5.41) is 0.176. The van der Waals surface area contributed by atoms with E-state index in [1.165, 1.54) is 6.07 Å². The Balaban J connectivity index is 2.14. The number of hydrogen-bond acceptors (Lipinski definition) is 1. The van der Waals surface area contributed by atoms with Gasteiger partial charge in [-0.2, -0.15) is 0 Å². The number of benzene rings is 1. The third-order valence-corrected chi connectivity index (χ3v) is 4.66. The first kappa shape index (κ1) is 13.8. The van der Waals surface area contributed by atoms with Crippen LogP contribution < -0.4 is 5.73 Å². The van der Waals surface area contributed by atoms with Gasteiger partial charge in [0.25, 0.3) is 0 Å². The number of halogens is 2. The predicted octanol–water partition coefficient (Wildman–Crippen LogP) is 4.18. The summed E-state index contributed by atoms with van der Waals surface area (Å²) in [6, 6.07) is 5.01. The zero-order valence-electron chi connectivity index (χ0n) is 11.0. The van der Waals surface area contributed by atoms with Crippen molar-refractivity contribution in [3.05, 3.63) is 34.6 Å². The van der Waals surface area contributed by atoms with Crippen LogP contribution in [0.4, 0.5) is 4.39 Å². The average Bonchev–Trinajstić information content (AvgIpc) is 2.30. The minimum absolute atomic E-state index is 0.176. The van der Waals surface area contributed by atoms with Crippen molar-refractivity contribution in [3.63, 3.8) is 0 Å². The Labute approximate surface area is 114 Å². The average molecular weight is 270 g/mol. The van der Waals surface area contributed by atoms with Crippen LogP contribution in [0.1, 0.15) is 38.7 Å². The molecule has 0 aromatic heterocycles. The molecule has 0 bridgehead atoms. The fourth-order valence-electron chi connectivity index (χ4n) is 3.01. The van der Waals surface area contributed by atoms with Crippen molar-refractivity contribution in [1.29, 1.82) is 0 Å². The van der Waals surface area contributed by atoms with Crippen molar-refractivity contribution in [2.45, 2.75) is 45.1 Å². The van der Waals surface area contributed by atoms with E-state index in [0.717, 1.165) is 37.2 Å². The molecule has 1 fully saturated rings. The van der Waals surface area contributed by atoms with Crippen LogP contribution in [0.15, 0.2) is 18.2 Å². The molecule has 3 atom stereocenters. The second kappa shape index (κ2) is 5.18. The Kier molecular flexibility index (Phi) is 3.98. The van der Waals surface area contributed by atoms with Gasteiger partial charge >= 0.3 is 0 Å². The van der Waals surface area contributed by atoms with E-state index in [1.807, 2.05) is 6.07 Å². The summed E-state index contributed by atoms with van der Waals surface area (Å²) >= 11 is 5.70. The van der Waals surface area contributed by atoms with Crippen LogP contribution in [0, 0.1) is 17.7 Å². The monoisotopic (exact) mass is 269 g/mol. The molecule has 2 N–H and O–H groups in total. The first-order chi connectivity index (χ1) is 8.40. The molecule has 18 heavy (non-hydrogen) atoms. The Morgan fingerprint density at radius 3 is 2.78 bits per heavy atom. The van der Waals surface area contributed by atoms with Gasteiger partial charge in [-0.3, -0.25) is 0 Å². The highest BCUT2D eigenvalue weighted by Crippen LogP contribution is 2.37. The van der Waals surface area contributed by atoms with Gasteiger partial charge in [0.05, 0.1) is 5.02 Å². The molecule has 0 spiro atoms. The molecule has 3 unspecified atom stereocenters. The molecule has 3 heteroatoms. The van der Waals surface area contributed by atoms with Crippen LogP contribution in [0.3, 0.4) is 0 Å². The van der Waals surface area contributed by atoms with Crippen molar-refractivity contribution in [1.82, 2.24) is 0 Å². The lowest BCUT2D eigenvalue weighted by Gasteiger charge is -2.42. The summed E-state index contributed by atoms with van der Waals surface area (Å²) in [7, 11) is 0. The summed E-state index contributed by atoms with van der Waals surface area (Å²) < 4.78 is 13.4. The van der Waals surface area contributed by atoms with Gasteiger partial charge in [-0.25, -0.2) is 4.39 Å². The lowest BCUT2D eigenvalue weighted by molar-refractivity contribution is 0.163. The normalized spacial score (nSPS) is 32.5. The van der Waals surface area contributed by atoms with Crippen LogP contribution in [-0.2, 0) is 6.42 Å². The molecular formula is C15H21ClFN. The van der Waals surface area contributed by atoms with Gasteiger partial charge in [-0.15, -0.1) is 0 Å². The summed E-state index contributed by atoms with van der Waals surface area (Å²) in [6.07, 6.45) is 4.07. The minimum atomic E-state index is -0.352. The summed E-state index contributed by atoms with van der Waals surface area (Å²) in [6.45, 7) is 4.49. The predicted molar refractivity (Wildman–Crippen MR) is 74.2 cm³/mol. The third-order valence-electron chi connectivity index (χ3n) is 4.36. The van der Waals surface area contributed by atoms with Crippen molar-refractivity contribution in [2.24, 2.45) is 17.6 Å². The Bertz CT molecular complexity index is 435. The molecule has 0 heterocycles. The molecular weight excluding hydrogens is 249 g/mol. The summed E-state index contributed by atoms with van der Waals surface area (Å²) in [5.41, 5.74) is 7.27. The molecule has 1 aromatic carbocycles. The van der Waals surface area contributed by atoms with Gasteiger partial charge in [-0.05, 0) is 55.2 Å². The standard InChI is InChI=1S/C15H21ClFN/c1-10-5-6-15(18,11(2)7-10)9-12-3-4-13(16)14(17)8-12/h3-4,8,10-11H,5-7,9,18H2,1-2H3. The lowest BCUT2D eigenvalue weighted by Crippen LogP contribution is -2.51. The van der Waals surface area contributed by atoms with Gasteiger partial charge in [0.1, 0.15) is 5.82 Å². The van der Waals surface area contributed by atoms with E-state index in [2.05, 4.69) is 13.8 Å². The van der Waals surface area contributed by atoms with Gasteiger partial charge in [0.2, 0.25) is 0 Å². The van der Waals surface area contributed by atoms with Gasteiger partial charge in [-0.1, -0.05) is 31.5 Å². The van der Waals surface area contributed by atoms with Gasteiger partial charge < -0.3 is 5.73 Å².